The van der Waals surface area contributed by atoms with Crippen molar-refractivity contribution in [3.05, 3.63) is 28.8 Å². The van der Waals surface area contributed by atoms with E-state index < -0.39 is 5.60 Å². The molecule has 0 unspecified atom stereocenters. The molecule has 0 spiro atoms. The van der Waals surface area contributed by atoms with Crippen LogP contribution in [0.1, 0.15) is 19.4 Å². The summed E-state index contributed by atoms with van der Waals surface area (Å²) >= 11 is 5.85. The van der Waals surface area contributed by atoms with Gasteiger partial charge in [0.2, 0.25) is 0 Å². The first-order valence-corrected chi connectivity index (χ1v) is 4.73. The Kier molecular flexibility index (Phi) is 3.24. The monoisotopic (exact) mass is 219 g/mol. The quantitative estimate of drug-likeness (QED) is 0.717. The average molecular weight is 220 g/mol. The highest BCUT2D eigenvalue weighted by Gasteiger charge is 2.18. The summed E-state index contributed by atoms with van der Waals surface area (Å²) in [6, 6.07) is 7.00. The van der Waals surface area contributed by atoms with Crippen molar-refractivity contribution in [3.63, 3.8) is 0 Å². The van der Waals surface area contributed by atoms with Crippen LogP contribution in [0, 0.1) is 23.7 Å². The van der Waals surface area contributed by atoms with E-state index in [4.69, 9.17) is 28.0 Å². The van der Waals surface area contributed by atoms with Crippen LogP contribution >= 0.6 is 11.6 Å². The Bertz CT molecular complexity index is 452. The Morgan fingerprint density at radius 2 is 2.13 bits per heavy atom. The Balaban J connectivity index is 3.13. The van der Waals surface area contributed by atoms with Gasteiger partial charge in [0.05, 0.1) is 5.02 Å². The van der Waals surface area contributed by atoms with Gasteiger partial charge in [0.1, 0.15) is 17.4 Å². The molecule has 0 aromatic heterocycles. The number of nitriles is 1. The van der Waals surface area contributed by atoms with Gasteiger partial charge in [-0.15, -0.1) is 6.42 Å². The van der Waals surface area contributed by atoms with Gasteiger partial charge in [-0.25, -0.2) is 0 Å². The van der Waals surface area contributed by atoms with Crippen molar-refractivity contribution in [3.8, 4) is 24.2 Å². The molecular weight excluding hydrogens is 210 g/mol. The molecule has 0 bridgehead atoms. The highest BCUT2D eigenvalue weighted by atomic mass is 35.5. The second-order valence-corrected chi connectivity index (χ2v) is 3.89. The van der Waals surface area contributed by atoms with Crippen LogP contribution in [0.3, 0.4) is 0 Å². The molecule has 1 aromatic carbocycles. The molecule has 1 aromatic rings. The average Bonchev–Trinajstić information content (AvgIpc) is 2.18. The van der Waals surface area contributed by atoms with Crippen LogP contribution in [0.5, 0.6) is 5.75 Å². The molecule has 0 N–H and O–H groups in total. The van der Waals surface area contributed by atoms with Crippen molar-refractivity contribution in [2.75, 3.05) is 0 Å². The molecule has 0 saturated carbocycles. The number of halogens is 1. The largest absolute Gasteiger partial charge is 0.474 e. The van der Waals surface area contributed by atoms with Gasteiger partial charge >= 0.3 is 0 Å². The number of rotatable bonds is 2. The molecular formula is C12H10ClNO. The molecule has 0 saturated heterocycles. The minimum absolute atomic E-state index is 0.308. The molecule has 0 aliphatic carbocycles. The minimum atomic E-state index is -0.754. The first kappa shape index (κ1) is 11.4. The van der Waals surface area contributed by atoms with Gasteiger partial charge in [-0.1, -0.05) is 23.6 Å². The zero-order valence-electron chi connectivity index (χ0n) is 8.54. The second-order valence-electron chi connectivity index (χ2n) is 3.48. The third-order valence-electron chi connectivity index (χ3n) is 1.80. The van der Waals surface area contributed by atoms with E-state index in [0.717, 1.165) is 0 Å². The molecule has 0 amide bonds. The van der Waals surface area contributed by atoms with Gasteiger partial charge in [-0.3, -0.25) is 0 Å². The Hall–Kier alpha value is -1.64. The van der Waals surface area contributed by atoms with Crippen molar-refractivity contribution in [2.24, 2.45) is 0 Å². The van der Waals surface area contributed by atoms with E-state index in [9.17, 15) is 0 Å². The van der Waals surface area contributed by atoms with Crippen LogP contribution in [-0.2, 0) is 0 Å². The van der Waals surface area contributed by atoms with E-state index in [0.29, 0.717) is 16.3 Å². The van der Waals surface area contributed by atoms with Crippen molar-refractivity contribution < 1.29 is 4.74 Å². The summed E-state index contributed by atoms with van der Waals surface area (Å²) in [5, 5.41) is 9.27. The molecule has 1 rings (SSSR count). The van der Waals surface area contributed by atoms with Crippen molar-refractivity contribution >= 4 is 11.6 Å². The Morgan fingerprint density at radius 1 is 1.47 bits per heavy atom. The topological polar surface area (TPSA) is 33.0 Å². The summed E-state index contributed by atoms with van der Waals surface area (Å²) in [5.41, 5.74) is -0.446. The maximum Gasteiger partial charge on any atom is 0.163 e. The number of ether oxygens (including phenoxy) is 1. The summed E-state index contributed by atoms with van der Waals surface area (Å²) in [6.07, 6.45) is 5.29. The van der Waals surface area contributed by atoms with E-state index in [-0.39, 0.29) is 0 Å². The first-order valence-electron chi connectivity index (χ1n) is 4.35. The summed E-state index contributed by atoms with van der Waals surface area (Å²) in [4.78, 5) is 0. The van der Waals surface area contributed by atoms with Crippen molar-refractivity contribution in [2.45, 2.75) is 19.4 Å². The molecule has 76 valence electrons. The summed E-state index contributed by atoms with van der Waals surface area (Å²) < 4.78 is 5.51. The molecule has 0 heterocycles. The standard InChI is InChI=1S/C12H10ClNO/c1-4-12(2,3)15-11-7-5-6-10(13)9(11)8-14/h1,5-7H,2-3H3. The maximum atomic E-state index is 8.90. The third-order valence-corrected chi connectivity index (χ3v) is 2.11. The lowest BCUT2D eigenvalue weighted by molar-refractivity contribution is 0.172. The number of nitrogens with zero attached hydrogens (tertiary/aromatic N) is 1. The Morgan fingerprint density at radius 3 is 2.67 bits per heavy atom. The summed E-state index contributed by atoms with van der Waals surface area (Å²) in [7, 11) is 0. The fourth-order valence-electron chi connectivity index (χ4n) is 1.00. The minimum Gasteiger partial charge on any atom is -0.474 e. The van der Waals surface area contributed by atoms with Gasteiger partial charge in [-0.05, 0) is 26.0 Å². The molecule has 2 nitrogen and oxygen atoms in total. The number of terminal acetylenes is 1. The maximum absolute atomic E-state index is 8.90. The summed E-state index contributed by atoms with van der Waals surface area (Å²) in [5.74, 6) is 2.90. The van der Waals surface area contributed by atoms with Crippen LogP contribution in [0.15, 0.2) is 18.2 Å². The van der Waals surface area contributed by atoms with E-state index in [2.05, 4.69) is 5.92 Å². The lowest BCUT2D eigenvalue weighted by atomic mass is 10.1. The van der Waals surface area contributed by atoms with E-state index in [1.165, 1.54) is 0 Å². The number of hydrogen-bond acceptors (Lipinski definition) is 2. The van der Waals surface area contributed by atoms with Gasteiger partial charge in [0.15, 0.2) is 5.60 Å². The van der Waals surface area contributed by atoms with Crippen LogP contribution in [0.2, 0.25) is 5.02 Å². The fourth-order valence-corrected chi connectivity index (χ4v) is 1.21. The van der Waals surface area contributed by atoms with Gasteiger partial charge in [0.25, 0.3) is 0 Å². The van der Waals surface area contributed by atoms with Crippen LogP contribution in [0.25, 0.3) is 0 Å². The molecule has 0 atom stereocenters. The SMILES string of the molecule is C#CC(C)(C)Oc1cccc(Cl)c1C#N. The number of benzene rings is 1. The molecule has 0 aliphatic rings. The highest BCUT2D eigenvalue weighted by Crippen LogP contribution is 2.28. The third kappa shape index (κ3) is 2.65. The Labute approximate surface area is 94.4 Å². The predicted octanol–water partition coefficient (Wildman–Crippen LogP) is 3.00. The molecule has 0 radical (unpaired) electrons. The smallest absolute Gasteiger partial charge is 0.163 e. The van der Waals surface area contributed by atoms with Crippen LogP contribution in [0.4, 0.5) is 0 Å². The van der Waals surface area contributed by atoms with E-state index in [1.54, 1.807) is 32.0 Å². The molecule has 0 aliphatic heterocycles. The van der Waals surface area contributed by atoms with Crippen molar-refractivity contribution in [1.29, 1.82) is 5.26 Å². The zero-order valence-corrected chi connectivity index (χ0v) is 9.30. The first-order chi connectivity index (χ1) is 7.00. The van der Waals surface area contributed by atoms with Gasteiger partial charge in [-0.2, -0.15) is 5.26 Å². The van der Waals surface area contributed by atoms with Crippen LogP contribution < -0.4 is 4.74 Å². The van der Waals surface area contributed by atoms with E-state index >= 15 is 0 Å². The molecule has 0 fully saturated rings. The second kappa shape index (κ2) is 4.26. The van der Waals surface area contributed by atoms with Gasteiger partial charge in [0, 0.05) is 0 Å². The normalized spacial score (nSPS) is 10.2. The van der Waals surface area contributed by atoms with E-state index in [1.807, 2.05) is 6.07 Å². The lowest BCUT2D eigenvalue weighted by Crippen LogP contribution is -2.25. The molecule has 3 heteroatoms. The lowest BCUT2D eigenvalue weighted by Gasteiger charge is -2.21. The van der Waals surface area contributed by atoms with Crippen LogP contribution in [-0.4, -0.2) is 5.60 Å². The predicted molar refractivity (Wildman–Crippen MR) is 59.7 cm³/mol. The zero-order chi connectivity index (χ0) is 11.5. The van der Waals surface area contributed by atoms with Gasteiger partial charge < -0.3 is 4.74 Å². The highest BCUT2D eigenvalue weighted by molar-refractivity contribution is 6.31. The summed E-state index contributed by atoms with van der Waals surface area (Å²) in [6.45, 7) is 3.49. The fraction of sp³-hybridized carbons (Fsp3) is 0.250. The number of hydrogen-bond donors (Lipinski definition) is 0. The molecule has 15 heavy (non-hydrogen) atoms. The van der Waals surface area contributed by atoms with Crippen molar-refractivity contribution in [1.82, 2.24) is 0 Å².